The van der Waals surface area contributed by atoms with E-state index in [1.807, 2.05) is 0 Å². The summed E-state index contributed by atoms with van der Waals surface area (Å²) in [5, 5.41) is 6.95. The minimum Gasteiger partial charge on any atom is -0.354 e. The van der Waals surface area contributed by atoms with Crippen LogP contribution in [0.2, 0.25) is 0 Å². The standard InChI is InChI=1S/C15H23N3S/c1-4-15-17-13(11-19-15)10-16-12(2)7-8-14-6-5-9-18(14)3/h5-6,9,11-12,16H,4,7-8,10H2,1-3H3/t12-/m1/s1. The Morgan fingerprint density at radius 1 is 1.47 bits per heavy atom. The fourth-order valence-corrected chi connectivity index (χ4v) is 2.84. The summed E-state index contributed by atoms with van der Waals surface area (Å²) < 4.78 is 2.20. The molecule has 2 heterocycles. The van der Waals surface area contributed by atoms with Crippen molar-refractivity contribution < 1.29 is 0 Å². The minimum absolute atomic E-state index is 0.515. The predicted octanol–water partition coefficient (Wildman–Crippen LogP) is 3.15. The summed E-state index contributed by atoms with van der Waals surface area (Å²) in [7, 11) is 2.11. The van der Waals surface area contributed by atoms with E-state index in [1.165, 1.54) is 16.4 Å². The SMILES string of the molecule is CCc1nc(CN[C@H](C)CCc2cccn2C)cs1. The van der Waals surface area contributed by atoms with Crippen molar-refractivity contribution in [2.75, 3.05) is 0 Å². The zero-order chi connectivity index (χ0) is 13.7. The molecule has 0 saturated carbocycles. The van der Waals surface area contributed by atoms with E-state index in [4.69, 9.17) is 0 Å². The second-order valence-corrected chi connectivity index (χ2v) is 5.96. The average Bonchev–Trinajstić information content (AvgIpc) is 3.02. The van der Waals surface area contributed by atoms with Crippen LogP contribution in [0.1, 0.15) is 36.7 Å². The Labute approximate surface area is 119 Å². The molecule has 1 atom stereocenters. The summed E-state index contributed by atoms with van der Waals surface area (Å²) in [4.78, 5) is 4.58. The van der Waals surface area contributed by atoms with E-state index >= 15 is 0 Å². The van der Waals surface area contributed by atoms with E-state index < -0.39 is 0 Å². The second kappa shape index (κ2) is 6.87. The highest BCUT2D eigenvalue weighted by Gasteiger charge is 2.06. The number of aromatic nitrogens is 2. The van der Waals surface area contributed by atoms with Crippen molar-refractivity contribution in [2.45, 2.75) is 45.7 Å². The highest BCUT2D eigenvalue weighted by molar-refractivity contribution is 7.09. The number of aryl methyl sites for hydroxylation is 3. The Morgan fingerprint density at radius 3 is 2.95 bits per heavy atom. The van der Waals surface area contributed by atoms with Gasteiger partial charge in [0, 0.05) is 36.9 Å². The lowest BCUT2D eigenvalue weighted by atomic mass is 10.1. The van der Waals surface area contributed by atoms with Crippen LogP contribution in [-0.4, -0.2) is 15.6 Å². The average molecular weight is 277 g/mol. The van der Waals surface area contributed by atoms with Crippen LogP contribution in [-0.2, 0) is 26.4 Å². The normalized spacial score (nSPS) is 12.8. The van der Waals surface area contributed by atoms with Crippen LogP contribution >= 0.6 is 11.3 Å². The van der Waals surface area contributed by atoms with Crippen molar-refractivity contribution >= 4 is 11.3 Å². The molecule has 0 aliphatic heterocycles. The van der Waals surface area contributed by atoms with E-state index in [2.05, 4.69) is 59.5 Å². The van der Waals surface area contributed by atoms with Gasteiger partial charge in [-0.05, 0) is 38.3 Å². The van der Waals surface area contributed by atoms with Gasteiger partial charge in [0.25, 0.3) is 0 Å². The topological polar surface area (TPSA) is 29.9 Å². The number of nitrogens with zero attached hydrogens (tertiary/aromatic N) is 2. The van der Waals surface area contributed by atoms with Crippen LogP contribution in [0.25, 0.3) is 0 Å². The molecule has 0 aromatic carbocycles. The molecule has 0 fully saturated rings. The highest BCUT2D eigenvalue weighted by Crippen LogP contribution is 2.11. The van der Waals surface area contributed by atoms with Crippen LogP contribution in [0.5, 0.6) is 0 Å². The van der Waals surface area contributed by atoms with Crippen molar-refractivity contribution in [1.82, 2.24) is 14.9 Å². The van der Waals surface area contributed by atoms with E-state index in [1.54, 1.807) is 11.3 Å². The zero-order valence-corrected chi connectivity index (χ0v) is 12.8. The molecule has 0 spiro atoms. The molecular weight excluding hydrogens is 254 g/mol. The molecule has 0 radical (unpaired) electrons. The molecule has 0 saturated heterocycles. The van der Waals surface area contributed by atoms with Crippen LogP contribution in [0.3, 0.4) is 0 Å². The van der Waals surface area contributed by atoms with E-state index in [-0.39, 0.29) is 0 Å². The molecule has 0 aliphatic rings. The lowest BCUT2D eigenvalue weighted by molar-refractivity contribution is 0.505. The third kappa shape index (κ3) is 4.18. The summed E-state index contributed by atoms with van der Waals surface area (Å²) in [5.74, 6) is 0. The third-order valence-electron chi connectivity index (χ3n) is 3.42. The molecule has 2 aromatic rings. The smallest absolute Gasteiger partial charge is 0.0926 e. The molecule has 3 nitrogen and oxygen atoms in total. The second-order valence-electron chi connectivity index (χ2n) is 5.02. The summed E-state index contributed by atoms with van der Waals surface area (Å²) in [6.07, 6.45) is 5.42. The predicted molar refractivity (Wildman–Crippen MR) is 81.5 cm³/mol. The molecule has 2 aromatic heterocycles. The Hall–Kier alpha value is -1.13. The van der Waals surface area contributed by atoms with Gasteiger partial charge in [0.05, 0.1) is 10.7 Å². The number of hydrogen-bond donors (Lipinski definition) is 1. The van der Waals surface area contributed by atoms with Crippen molar-refractivity contribution in [2.24, 2.45) is 7.05 Å². The fourth-order valence-electron chi connectivity index (χ4n) is 2.09. The monoisotopic (exact) mass is 277 g/mol. The van der Waals surface area contributed by atoms with Gasteiger partial charge >= 0.3 is 0 Å². The Kier molecular flexibility index (Phi) is 5.16. The first kappa shape index (κ1) is 14.3. The molecule has 1 N–H and O–H groups in total. The lowest BCUT2D eigenvalue weighted by Gasteiger charge is -2.13. The van der Waals surface area contributed by atoms with E-state index in [9.17, 15) is 0 Å². The number of thiazole rings is 1. The van der Waals surface area contributed by atoms with Gasteiger partial charge in [-0.25, -0.2) is 4.98 Å². The lowest BCUT2D eigenvalue weighted by Crippen LogP contribution is -2.26. The maximum Gasteiger partial charge on any atom is 0.0926 e. The van der Waals surface area contributed by atoms with Gasteiger partial charge in [0.2, 0.25) is 0 Å². The maximum absolute atomic E-state index is 4.58. The summed E-state index contributed by atoms with van der Waals surface area (Å²) in [5.41, 5.74) is 2.57. The zero-order valence-electron chi connectivity index (χ0n) is 12.0. The molecule has 0 aliphatic carbocycles. The largest absolute Gasteiger partial charge is 0.354 e. The van der Waals surface area contributed by atoms with Crippen molar-refractivity contribution in [3.8, 4) is 0 Å². The Bertz CT molecular complexity index is 501. The molecule has 2 rings (SSSR count). The molecule has 4 heteroatoms. The number of nitrogens with one attached hydrogen (secondary N) is 1. The van der Waals surface area contributed by atoms with E-state index in [0.717, 1.165) is 25.8 Å². The minimum atomic E-state index is 0.515. The third-order valence-corrected chi connectivity index (χ3v) is 4.46. The van der Waals surface area contributed by atoms with Gasteiger partial charge in [0.15, 0.2) is 0 Å². The van der Waals surface area contributed by atoms with Crippen molar-refractivity contribution in [3.63, 3.8) is 0 Å². The molecule has 0 unspecified atom stereocenters. The van der Waals surface area contributed by atoms with Crippen LogP contribution in [0.4, 0.5) is 0 Å². The Balaban J connectivity index is 1.72. The maximum atomic E-state index is 4.58. The van der Waals surface area contributed by atoms with Gasteiger partial charge in [0.1, 0.15) is 0 Å². The molecule has 0 amide bonds. The van der Waals surface area contributed by atoms with Crippen LogP contribution < -0.4 is 5.32 Å². The first-order valence-electron chi connectivity index (χ1n) is 6.96. The number of rotatable bonds is 7. The Morgan fingerprint density at radius 2 is 2.32 bits per heavy atom. The van der Waals surface area contributed by atoms with Crippen molar-refractivity contribution in [1.29, 1.82) is 0 Å². The first-order valence-corrected chi connectivity index (χ1v) is 7.84. The summed E-state index contributed by atoms with van der Waals surface area (Å²) in [6, 6.07) is 4.82. The summed E-state index contributed by atoms with van der Waals surface area (Å²) >= 11 is 1.76. The molecular formula is C15H23N3S. The molecule has 19 heavy (non-hydrogen) atoms. The molecule has 0 bridgehead atoms. The fraction of sp³-hybridized carbons (Fsp3) is 0.533. The molecule has 104 valence electrons. The van der Waals surface area contributed by atoms with Crippen LogP contribution in [0, 0.1) is 0 Å². The van der Waals surface area contributed by atoms with Gasteiger partial charge in [-0.2, -0.15) is 0 Å². The quantitative estimate of drug-likeness (QED) is 0.842. The van der Waals surface area contributed by atoms with Gasteiger partial charge < -0.3 is 9.88 Å². The first-order chi connectivity index (χ1) is 9.19. The highest BCUT2D eigenvalue weighted by atomic mass is 32.1. The number of hydrogen-bond acceptors (Lipinski definition) is 3. The van der Waals surface area contributed by atoms with Crippen molar-refractivity contribution in [3.05, 3.63) is 40.1 Å². The van der Waals surface area contributed by atoms with Gasteiger partial charge in [-0.15, -0.1) is 11.3 Å². The van der Waals surface area contributed by atoms with Crippen LogP contribution in [0.15, 0.2) is 23.7 Å². The van der Waals surface area contributed by atoms with Gasteiger partial charge in [-0.1, -0.05) is 6.92 Å². The summed E-state index contributed by atoms with van der Waals surface area (Å²) in [6.45, 7) is 5.28. The van der Waals surface area contributed by atoms with E-state index in [0.29, 0.717) is 6.04 Å². The van der Waals surface area contributed by atoms with Gasteiger partial charge in [-0.3, -0.25) is 0 Å².